The fraction of sp³-hybridized carbons (Fsp3) is 0.917. The van der Waals surface area contributed by atoms with Crippen molar-refractivity contribution in [2.75, 3.05) is 20.6 Å². The van der Waals surface area contributed by atoms with Crippen molar-refractivity contribution in [2.24, 2.45) is 5.92 Å². The van der Waals surface area contributed by atoms with Crippen LogP contribution >= 0.6 is 0 Å². The first kappa shape index (κ1) is 12.7. The lowest BCUT2D eigenvalue weighted by atomic mass is 9.84. The normalized spacial score (nSPS) is 28.3. The van der Waals surface area contributed by atoms with Gasteiger partial charge in [0.05, 0.1) is 23.7 Å². The Morgan fingerprint density at radius 1 is 1.33 bits per heavy atom. The zero-order chi connectivity index (χ0) is 11.9. The number of carbonyl (C=O) groups excluding carboxylic acids is 1. The Balaban J connectivity index is 2.74. The largest absolute Gasteiger partial charge is 0.369 e. The van der Waals surface area contributed by atoms with Gasteiger partial charge in [0.1, 0.15) is 0 Å². The fourth-order valence-corrected chi connectivity index (χ4v) is 2.49. The van der Waals surface area contributed by atoms with Gasteiger partial charge < -0.3 is 9.64 Å². The van der Waals surface area contributed by atoms with E-state index in [0.29, 0.717) is 6.54 Å². The number of hydrogen-bond donors (Lipinski definition) is 0. The maximum atomic E-state index is 12.0. The minimum Gasteiger partial charge on any atom is -0.369 e. The molecule has 0 aliphatic carbocycles. The van der Waals surface area contributed by atoms with Gasteiger partial charge in [0, 0.05) is 0 Å². The Morgan fingerprint density at radius 2 is 1.87 bits per heavy atom. The van der Waals surface area contributed by atoms with Gasteiger partial charge in [-0.05, 0) is 48.2 Å². The van der Waals surface area contributed by atoms with Crippen LogP contribution in [0.3, 0.4) is 0 Å². The summed E-state index contributed by atoms with van der Waals surface area (Å²) < 4.78 is 5.91. The molecule has 1 aliphatic heterocycles. The molecule has 0 spiro atoms. The Kier molecular flexibility index (Phi) is 3.27. The van der Waals surface area contributed by atoms with E-state index in [-0.39, 0.29) is 22.9 Å². The van der Waals surface area contributed by atoms with E-state index in [1.807, 2.05) is 32.8 Å². The minimum absolute atomic E-state index is 0.0231. The van der Waals surface area contributed by atoms with Crippen LogP contribution in [-0.2, 0) is 9.53 Å². The summed E-state index contributed by atoms with van der Waals surface area (Å²) in [5.41, 5.74) is -0.493. The second-order valence-electron chi connectivity index (χ2n) is 5.93. The van der Waals surface area contributed by atoms with Gasteiger partial charge in [-0.2, -0.15) is 0 Å². The fourth-order valence-electron chi connectivity index (χ4n) is 2.49. The number of ether oxygens (including phenoxy) is 1. The van der Waals surface area contributed by atoms with E-state index in [1.165, 1.54) is 0 Å². The third kappa shape index (κ3) is 3.02. The highest BCUT2D eigenvalue weighted by Crippen LogP contribution is 2.42. The highest BCUT2D eigenvalue weighted by Gasteiger charge is 2.48. The van der Waals surface area contributed by atoms with Crippen molar-refractivity contribution >= 4 is 5.78 Å². The summed E-state index contributed by atoms with van der Waals surface area (Å²) in [5, 5.41) is 0. The third-order valence-electron chi connectivity index (χ3n) is 2.93. The zero-order valence-corrected chi connectivity index (χ0v) is 10.8. The second-order valence-corrected chi connectivity index (χ2v) is 5.93. The number of carbonyl (C=O) groups is 1. The number of rotatable bonds is 3. The topological polar surface area (TPSA) is 29.5 Å². The standard InChI is InChI=1S/C12H23NO2/c1-11(2)7-9(12(3,4)15-11)10(14)8-13(5)6/h9H,7-8H2,1-6H3. The van der Waals surface area contributed by atoms with Crippen LogP contribution in [0.5, 0.6) is 0 Å². The summed E-state index contributed by atoms with van der Waals surface area (Å²) in [4.78, 5) is 14.0. The summed E-state index contributed by atoms with van der Waals surface area (Å²) in [5.74, 6) is 0.311. The van der Waals surface area contributed by atoms with Crippen molar-refractivity contribution in [3.05, 3.63) is 0 Å². The monoisotopic (exact) mass is 213 g/mol. The molecule has 1 unspecified atom stereocenters. The number of Topliss-reactive ketones (excluding diaryl/α,β-unsaturated/α-hetero) is 1. The van der Waals surface area contributed by atoms with Gasteiger partial charge in [-0.1, -0.05) is 0 Å². The first-order valence-electron chi connectivity index (χ1n) is 5.52. The predicted molar refractivity (Wildman–Crippen MR) is 60.9 cm³/mol. The van der Waals surface area contributed by atoms with Crippen molar-refractivity contribution in [1.29, 1.82) is 0 Å². The molecule has 1 rings (SSSR count). The molecule has 1 fully saturated rings. The third-order valence-corrected chi connectivity index (χ3v) is 2.93. The number of ketones is 1. The van der Waals surface area contributed by atoms with Crippen LogP contribution in [0.4, 0.5) is 0 Å². The number of likely N-dealkylation sites (N-methyl/N-ethyl adjacent to an activating group) is 1. The second kappa shape index (κ2) is 3.87. The summed E-state index contributed by atoms with van der Waals surface area (Å²) in [7, 11) is 3.84. The molecule has 88 valence electrons. The molecule has 15 heavy (non-hydrogen) atoms. The van der Waals surface area contributed by atoms with Crippen molar-refractivity contribution in [1.82, 2.24) is 4.90 Å². The van der Waals surface area contributed by atoms with E-state index >= 15 is 0 Å². The van der Waals surface area contributed by atoms with E-state index < -0.39 is 0 Å². The van der Waals surface area contributed by atoms with Crippen molar-refractivity contribution in [2.45, 2.75) is 45.3 Å². The SMILES string of the molecule is CN(C)CC(=O)C1CC(C)(C)OC1(C)C. The molecule has 0 bridgehead atoms. The van der Waals surface area contributed by atoms with E-state index in [1.54, 1.807) is 0 Å². The lowest BCUT2D eigenvalue weighted by Gasteiger charge is -2.27. The Bertz CT molecular complexity index is 256. The molecule has 0 saturated carbocycles. The summed E-state index contributed by atoms with van der Waals surface area (Å²) in [6, 6.07) is 0. The van der Waals surface area contributed by atoms with Gasteiger partial charge in [0.2, 0.25) is 0 Å². The lowest BCUT2D eigenvalue weighted by molar-refractivity contribution is -0.130. The van der Waals surface area contributed by atoms with Gasteiger partial charge in [-0.15, -0.1) is 0 Å². The quantitative estimate of drug-likeness (QED) is 0.715. The van der Waals surface area contributed by atoms with E-state index in [9.17, 15) is 4.79 Å². The molecule has 0 N–H and O–H groups in total. The number of nitrogens with zero attached hydrogens (tertiary/aromatic N) is 1. The molecule has 0 amide bonds. The zero-order valence-electron chi connectivity index (χ0n) is 10.8. The van der Waals surface area contributed by atoms with Crippen LogP contribution in [0, 0.1) is 5.92 Å². The molecule has 1 saturated heterocycles. The Hall–Kier alpha value is -0.410. The highest BCUT2D eigenvalue weighted by atomic mass is 16.5. The van der Waals surface area contributed by atoms with E-state index in [0.717, 1.165) is 6.42 Å². The van der Waals surface area contributed by atoms with Crippen LogP contribution in [0.15, 0.2) is 0 Å². The summed E-state index contributed by atoms with van der Waals surface area (Å²) >= 11 is 0. The van der Waals surface area contributed by atoms with Crippen molar-refractivity contribution < 1.29 is 9.53 Å². The molecular weight excluding hydrogens is 190 g/mol. The predicted octanol–water partition coefficient (Wildman–Crippen LogP) is 1.71. The maximum absolute atomic E-state index is 12.0. The first-order valence-corrected chi connectivity index (χ1v) is 5.52. The Morgan fingerprint density at radius 3 is 2.20 bits per heavy atom. The molecule has 1 atom stereocenters. The molecule has 0 aromatic rings. The molecule has 0 aromatic carbocycles. The van der Waals surface area contributed by atoms with Crippen LogP contribution in [-0.4, -0.2) is 42.5 Å². The van der Waals surface area contributed by atoms with Gasteiger partial charge in [0.25, 0.3) is 0 Å². The average molecular weight is 213 g/mol. The van der Waals surface area contributed by atoms with Gasteiger partial charge in [-0.25, -0.2) is 0 Å². The van der Waals surface area contributed by atoms with E-state index in [4.69, 9.17) is 4.74 Å². The molecular formula is C12H23NO2. The van der Waals surface area contributed by atoms with Crippen molar-refractivity contribution in [3.63, 3.8) is 0 Å². The van der Waals surface area contributed by atoms with Crippen LogP contribution in [0.25, 0.3) is 0 Å². The summed E-state index contributed by atoms with van der Waals surface area (Å²) in [6.45, 7) is 8.64. The van der Waals surface area contributed by atoms with Crippen LogP contribution < -0.4 is 0 Å². The molecule has 0 radical (unpaired) electrons. The van der Waals surface area contributed by atoms with Crippen LogP contribution in [0.1, 0.15) is 34.1 Å². The van der Waals surface area contributed by atoms with Crippen molar-refractivity contribution in [3.8, 4) is 0 Å². The lowest BCUT2D eigenvalue weighted by Crippen LogP contribution is -2.37. The van der Waals surface area contributed by atoms with Gasteiger partial charge >= 0.3 is 0 Å². The molecule has 1 aliphatic rings. The van der Waals surface area contributed by atoms with E-state index in [2.05, 4.69) is 13.8 Å². The smallest absolute Gasteiger partial charge is 0.152 e. The molecule has 3 heteroatoms. The van der Waals surface area contributed by atoms with Crippen LogP contribution in [0.2, 0.25) is 0 Å². The Labute approximate surface area is 92.8 Å². The first-order chi connectivity index (χ1) is 6.64. The average Bonchev–Trinajstić information content (AvgIpc) is 2.17. The molecule has 3 nitrogen and oxygen atoms in total. The molecule has 1 heterocycles. The molecule has 0 aromatic heterocycles. The van der Waals surface area contributed by atoms with Gasteiger partial charge in [-0.3, -0.25) is 4.79 Å². The minimum atomic E-state index is -0.323. The number of hydrogen-bond acceptors (Lipinski definition) is 3. The highest BCUT2D eigenvalue weighted by molar-refractivity contribution is 5.84. The maximum Gasteiger partial charge on any atom is 0.152 e. The van der Waals surface area contributed by atoms with Gasteiger partial charge in [0.15, 0.2) is 5.78 Å². The summed E-state index contributed by atoms with van der Waals surface area (Å²) in [6.07, 6.45) is 0.826.